The van der Waals surface area contributed by atoms with E-state index in [4.69, 9.17) is 0 Å². The summed E-state index contributed by atoms with van der Waals surface area (Å²) in [5.41, 5.74) is 0. The van der Waals surface area contributed by atoms with Crippen LogP contribution in [0, 0.1) is 0 Å². The predicted octanol–water partition coefficient (Wildman–Crippen LogP) is 1.52. The molecule has 0 rings (SSSR count). The summed E-state index contributed by atoms with van der Waals surface area (Å²) in [7, 11) is 0. The maximum Gasteiger partial charge on any atom is 0.503 e. The van der Waals surface area contributed by atoms with E-state index in [9.17, 15) is 31.5 Å². The van der Waals surface area contributed by atoms with E-state index in [0.29, 0.717) is 0 Å². The zero-order valence-electron chi connectivity index (χ0n) is 5.19. The molecule has 0 N–H and O–H groups in total. The third kappa shape index (κ3) is 2.44. The Balaban J connectivity index is 4.36. The molecule has 8 heteroatoms. The van der Waals surface area contributed by atoms with Crippen molar-refractivity contribution in [2.24, 2.45) is 0 Å². The van der Waals surface area contributed by atoms with Gasteiger partial charge < -0.3 is 4.74 Å². The molecular formula is C4HF5O3. The molecule has 0 aromatic carbocycles. The van der Waals surface area contributed by atoms with E-state index in [1.807, 2.05) is 0 Å². The summed E-state index contributed by atoms with van der Waals surface area (Å²) in [6, 6.07) is 0. The molecule has 0 heterocycles. The number of hydrogen-bond donors (Lipinski definition) is 0. The largest absolute Gasteiger partial charge is 0.503 e. The van der Waals surface area contributed by atoms with Crippen LogP contribution in [0.15, 0.2) is 0 Å². The monoisotopic (exact) mass is 192 g/mol. The summed E-state index contributed by atoms with van der Waals surface area (Å²) in [6.45, 7) is 0. The Labute approximate surface area is 62.1 Å². The predicted molar refractivity (Wildman–Crippen MR) is 23.5 cm³/mol. The van der Waals surface area contributed by atoms with Crippen molar-refractivity contribution in [1.29, 1.82) is 0 Å². The highest BCUT2D eigenvalue weighted by molar-refractivity contribution is 5.86. The molecular weight excluding hydrogens is 191 g/mol. The van der Waals surface area contributed by atoms with Crippen LogP contribution in [-0.4, -0.2) is 24.5 Å². The van der Waals surface area contributed by atoms with Crippen LogP contribution in [0.5, 0.6) is 0 Å². The smallest absolute Gasteiger partial charge is 0.362 e. The van der Waals surface area contributed by atoms with Gasteiger partial charge in [0.2, 0.25) is 0 Å². The molecule has 0 aliphatic heterocycles. The van der Waals surface area contributed by atoms with E-state index in [0.717, 1.165) is 0 Å². The Morgan fingerprint density at radius 2 is 1.67 bits per heavy atom. The minimum atomic E-state index is -5.16. The Morgan fingerprint density at radius 3 is 1.92 bits per heavy atom. The van der Waals surface area contributed by atoms with Crippen molar-refractivity contribution in [2.45, 2.75) is 12.3 Å². The number of carbonyl (C=O) groups is 2. The summed E-state index contributed by atoms with van der Waals surface area (Å²) in [4.78, 5) is 19.0. The second-order valence-corrected chi connectivity index (χ2v) is 1.55. The second kappa shape index (κ2) is 3.46. The van der Waals surface area contributed by atoms with E-state index >= 15 is 0 Å². The van der Waals surface area contributed by atoms with Crippen LogP contribution in [0.2, 0.25) is 0 Å². The van der Waals surface area contributed by atoms with Gasteiger partial charge in [-0.1, -0.05) is 0 Å². The van der Waals surface area contributed by atoms with Gasteiger partial charge in [0.25, 0.3) is 0 Å². The van der Waals surface area contributed by atoms with E-state index in [1.54, 1.807) is 0 Å². The number of carbonyl (C=O) groups excluding carboxylic acids is 2. The highest BCUT2D eigenvalue weighted by atomic mass is 19.3. The fourth-order valence-electron chi connectivity index (χ4n) is 0.230. The fourth-order valence-corrected chi connectivity index (χ4v) is 0.230. The number of ether oxygens (including phenoxy) is 1. The van der Waals surface area contributed by atoms with Crippen LogP contribution in [-0.2, 0) is 9.53 Å². The SMILES string of the molecule is O=C(F)OC(=O)C(F)(F)C(F)F. The molecule has 0 unspecified atom stereocenters. The van der Waals surface area contributed by atoms with Crippen LogP contribution < -0.4 is 0 Å². The Hall–Kier alpha value is -1.21. The normalized spacial score (nSPS) is 11.5. The van der Waals surface area contributed by atoms with Gasteiger partial charge in [0.15, 0.2) is 0 Å². The lowest BCUT2D eigenvalue weighted by Gasteiger charge is -2.10. The number of hydrogen-bond acceptors (Lipinski definition) is 3. The topological polar surface area (TPSA) is 43.4 Å². The molecule has 0 saturated carbocycles. The quantitative estimate of drug-likeness (QED) is 0.288. The van der Waals surface area contributed by atoms with Crippen molar-refractivity contribution in [2.75, 3.05) is 0 Å². The van der Waals surface area contributed by atoms with Gasteiger partial charge in [-0.3, -0.25) is 0 Å². The van der Waals surface area contributed by atoms with Crippen LogP contribution >= 0.6 is 0 Å². The average molecular weight is 192 g/mol. The van der Waals surface area contributed by atoms with E-state index < -0.39 is 24.5 Å². The van der Waals surface area contributed by atoms with Crippen molar-refractivity contribution in [3.05, 3.63) is 0 Å². The zero-order chi connectivity index (χ0) is 9.94. The fraction of sp³-hybridized carbons (Fsp3) is 0.500. The molecule has 0 aromatic rings. The van der Waals surface area contributed by atoms with Crippen LogP contribution in [0.25, 0.3) is 0 Å². The summed E-state index contributed by atoms with van der Waals surface area (Å²) >= 11 is 0. The van der Waals surface area contributed by atoms with E-state index in [-0.39, 0.29) is 0 Å². The summed E-state index contributed by atoms with van der Waals surface area (Å²) in [5, 5.41) is 0. The van der Waals surface area contributed by atoms with Gasteiger partial charge in [-0.25, -0.2) is 18.4 Å². The Bertz CT molecular complexity index is 201. The minimum absolute atomic E-state index is 2.60. The van der Waals surface area contributed by atoms with Gasteiger partial charge in [0.05, 0.1) is 0 Å². The first-order valence-corrected chi connectivity index (χ1v) is 2.36. The van der Waals surface area contributed by atoms with Crippen LogP contribution in [0.1, 0.15) is 0 Å². The highest BCUT2D eigenvalue weighted by Gasteiger charge is 2.51. The maximum absolute atomic E-state index is 11.8. The van der Waals surface area contributed by atoms with E-state index in [2.05, 4.69) is 4.74 Å². The maximum atomic E-state index is 11.8. The second-order valence-electron chi connectivity index (χ2n) is 1.55. The molecule has 0 saturated heterocycles. The number of halogens is 5. The van der Waals surface area contributed by atoms with Gasteiger partial charge in [0.1, 0.15) is 0 Å². The minimum Gasteiger partial charge on any atom is -0.362 e. The summed E-state index contributed by atoms with van der Waals surface area (Å²) in [5.74, 6) is -8.08. The molecule has 0 bridgehead atoms. The Kier molecular flexibility index (Phi) is 3.11. The molecule has 12 heavy (non-hydrogen) atoms. The molecule has 0 atom stereocenters. The number of esters is 1. The first kappa shape index (κ1) is 10.8. The highest BCUT2D eigenvalue weighted by Crippen LogP contribution is 2.24. The van der Waals surface area contributed by atoms with E-state index in [1.165, 1.54) is 0 Å². The molecule has 0 aliphatic rings. The van der Waals surface area contributed by atoms with Gasteiger partial charge in [0, 0.05) is 0 Å². The van der Waals surface area contributed by atoms with Crippen molar-refractivity contribution in [3.8, 4) is 0 Å². The third-order valence-electron chi connectivity index (χ3n) is 0.719. The summed E-state index contributed by atoms with van der Waals surface area (Å²) in [6.07, 6.45) is -7.20. The molecule has 0 spiro atoms. The van der Waals surface area contributed by atoms with Crippen molar-refractivity contribution < 1.29 is 36.3 Å². The lowest BCUT2D eigenvalue weighted by Crippen LogP contribution is -2.38. The Morgan fingerprint density at radius 1 is 1.25 bits per heavy atom. The third-order valence-corrected chi connectivity index (χ3v) is 0.719. The van der Waals surface area contributed by atoms with Crippen molar-refractivity contribution >= 4 is 12.2 Å². The van der Waals surface area contributed by atoms with Gasteiger partial charge in [-0.05, 0) is 0 Å². The van der Waals surface area contributed by atoms with Crippen LogP contribution in [0.3, 0.4) is 0 Å². The molecule has 0 amide bonds. The molecule has 70 valence electrons. The summed E-state index contributed by atoms with van der Waals surface area (Å²) < 4.78 is 59.7. The van der Waals surface area contributed by atoms with Gasteiger partial charge >= 0.3 is 24.5 Å². The van der Waals surface area contributed by atoms with Crippen molar-refractivity contribution in [1.82, 2.24) is 0 Å². The standard InChI is InChI=1S/C4HF5O3/c5-1(6)4(8,9)2(10)12-3(7)11/h1H. The lowest BCUT2D eigenvalue weighted by atomic mass is 10.4. The average Bonchev–Trinajstić information content (AvgIpc) is 1.85. The van der Waals surface area contributed by atoms with Gasteiger partial charge in [-0.2, -0.15) is 8.78 Å². The molecule has 0 aliphatic carbocycles. The van der Waals surface area contributed by atoms with Crippen LogP contribution in [0.4, 0.5) is 26.7 Å². The molecule has 0 aromatic heterocycles. The number of rotatable bonds is 2. The zero-order valence-corrected chi connectivity index (χ0v) is 5.19. The van der Waals surface area contributed by atoms with Gasteiger partial charge in [-0.15, -0.1) is 4.39 Å². The molecule has 0 radical (unpaired) electrons. The molecule has 0 fully saturated rings. The lowest BCUT2D eigenvalue weighted by molar-refractivity contribution is -0.188. The molecule has 3 nitrogen and oxygen atoms in total. The first-order valence-electron chi connectivity index (χ1n) is 2.36. The number of alkyl halides is 4. The van der Waals surface area contributed by atoms with Crippen molar-refractivity contribution in [3.63, 3.8) is 0 Å². The first-order chi connectivity index (χ1) is 5.28.